The van der Waals surface area contributed by atoms with E-state index in [1.807, 2.05) is 6.92 Å². The fraction of sp³-hybridized carbons (Fsp3) is 0.111. The molecule has 3 aromatic rings. The first-order valence-corrected chi connectivity index (χ1v) is 7.67. The SMILES string of the molecule is Cc1cc(Cl)ccc1OCC(=O)n1cc(C(N)=O)c2ccccc21. The summed E-state index contributed by atoms with van der Waals surface area (Å²) >= 11 is 5.90. The number of carbonyl (C=O) groups is 2. The summed E-state index contributed by atoms with van der Waals surface area (Å²) in [4.78, 5) is 24.1. The molecule has 2 aromatic carbocycles. The Hall–Kier alpha value is -2.79. The number of hydrogen-bond donors (Lipinski definition) is 1. The molecule has 0 fully saturated rings. The van der Waals surface area contributed by atoms with E-state index in [9.17, 15) is 9.59 Å². The zero-order valence-corrected chi connectivity index (χ0v) is 13.7. The zero-order chi connectivity index (χ0) is 17.3. The van der Waals surface area contributed by atoms with Crippen molar-refractivity contribution in [3.05, 3.63) is 64.8 Å². The predicted octanol–water partition coefficient (Wildman–Crippen LogP) is 3.42. The van der Waals surface area contributed by atoms with Crippen molar-refractivity contribution in [1.82, 2.24) is 4.57 Å². The predicted molar refractivity (Wildman–Crippen MR) is 92.8 cm³/mol. The molecule has 0 spiro atoms. The Bertz CT molecular complexity index is 947. The van der Waals surface area contributed by atoms with Crippen LogP contribution in [0.15, 0.2) is 48.7 Å². The van der Waals surface area contributed by atoms with Gasteiger partial charge in [-0.3, -0.25) is 14.2 Å². The molecular weight excluding hydrogens is 328 g/mol. The Morgan fingerprint density at radius 1 is 1.21 bits per heavy atom. The molecule has 0 aliphatic rings. The number of amides is 1. The number of hydrogen-bond acceptors (Lipinski definition) is 3. The van der Waals surface area contributed by atoms with Crippen molar-refractivity contribution >= 4 is 34.3 Å². The van der Waals surface area contributed by atoms with Crippen LogP contribution in [0.5, 0.6) is 5.75 Å². The monoisotopic (exact) mass is 342 g/mol. The van der Waals surface area contributed by atoms with Crippen LogP contribution < -0.4 is 10.5 Å². The summed E-state index contributed by atoms with van der Waals surface area (Å²) in [5.41, 5.74) is 7.15. The second-order valence-electron chi connectivity index (χ2n) is 5.39. The van der Waals surface area contributed by atoms with E-state index in [2.05, 4.69) is 0 Å². The molecule has 122 valence electrons. The average Bonchev–Trinajstić information content (AvgIpc) is 2.94. The molecule has 0 bridgehead atoms. The van der Waals surface area contributed by atoms with Gasteiger partial charge in [0.05, 0.1) is 11.1 Å². The number of rotatable bonds is 4. The largest absolute Gasteiger partial charge is 0.483 e. The van der Waals surface area contributed by atoms with E-state index in [0.29, 0.717) is 27.2 Å². The minimum Gasteiger partial charge on any atom is -0.483 e. The number of nitrogens with zero attached hydrogens (tertiary/aromatic N) is 1. The Morgan fingerprint density at radius 3 is 2.67 bits per heavy atom. The summed E-state index contributed by atoms with van der Waals surface area (Å²) in [5.74, 6) is -0.292. The summed E-state index contributed by atoms with van der Waals surface area (Å²) in [7, 11) is 0. The highest BCUT2D eigenvalue weighted by atomic mass is 35.5. The maximum absolute atomic E-state index is 12.5. The molecule has 0 aliphatic carbocycles. The van der Waals surface area contributed by atoms with Crippen LogP contribution in [0.2, 0.25) is 5.02 Å². The fourth-order valence-corrected chi connectivity index (χ4v) is 2.79. The second-order valence-corrected chi connectivity index (χ2v) is 5.82. The van der Waals surface area contributed by atoms with Gasteiger partial charge in [-0.15, -0.1) is 0 Å². The van der Waals surface area contributed by atoms with Crippen LogP contribution in [-0.4, -0.2) is 23.0 Å². The van der Waals surface area contributed by atoms with Crippen LogP contribution in [0.25, 0.3) is 10.9 Å². The molecule has 2 N–H and O–H groups in total. The molecule has 5 nitrogen and oxygen atoms in total. The quantitative estimate of drug-likeness (QED) is 0.789. The first-order chi connectivity index (χ1) is 11.5. The molecule has 1 heterocycles. The zero-order valence-electron chi connectivity index (χ0n) is 13.0. The highest BCUT2D eigenvalue weighted by molar-refractivity contribution is 6.30. The van der Waals surface area contributed by atoms with Crippen LogP contribution in [0.1, 0.15) is 20.7 Å². The number of aryl methyl sites for hydroxylation is 1. The molecule has 0 radical (unpaired) electrons. The smallest absolute Gasteiger partial charge is 0.269 e. The van der Waals surface area contributed by atoms with Gasteiger partial charge in [-0.1, -0.05) is 29.8 Å². The number of carbonyl (C=O) groups excluding carboxylic acids is 2. The van der Waals surface area contributed by atoms with Crippen molar-refractivity contribution in [2.24, 2.45) is 5.73 Å². The number of aromatic nitrogens is 1. The van der Waals surface area contributed by atoms with Crippen LogP contribution in [0.4, 0.5) is 0 Å². The van der Waals surface area contributed by atoms with Gasteiger partial charge < -0.3 is 10.5 Å². The van der Waals surface area contributed by atoms with E-state index in [1.54, 1.807) is 42.5 Å². The summed E-state index contributed by atoms with van der Waals surface area (Å²) < 4.78 is 6.97. The molecule has 1 amide bonds. The Morgan fingerprint density at radius 2 is 1.96 bits per heavy atom. The number of fused-ring (bicyclic) bond motifs is 1. The van der Waals surface area contributed by atoms with Crippen molar-refractivity contribution in [3.63, 3.8) is 0 Å². The molecule has 24 heavy (non-hydrogen) atoms. The normalized spacial score (nSPS) is 10.8. The van der Waals surface area contributed by atoms with Crippen LogP contribution in [0, 0.1) is 6.92 Å². The van der Waals surface area contributed by atoms with Crippen molar-refractivity contribution in [2.45, 2.75) is 6.92 Å². The Labute approximate surface area is 143 Å². The van der Waals surface area contributed by atoms with E-state index in [-0.39, 0.29) is 12.5 Å². The van der Waals surface area contributed by atoms with Gasteiger partial charge in [-0.25, -0.2) is 0 Å². The minimum atomic E-state index is -0.577. The molecular formula is C18H15ClN2O3. The lowest BCUT2D eigenvalue weighted by Crippen LogP contribution is -2.19. The number of primary amides is 1. The number of nitrogens with two attached hydrogens (primary N) is 1. The van der Waals surface area contributed by atoms with E-state index >= 15 is 0 Å². The van der Waals surface area contributed by atoms with E-state index in [4.69, 9.17) is 22.1 Å². The molecule has 0 saturated heterocycles. The summed E-state index contributed by atoms with van der Waals surface area (Å²) in [5, 5.41) is 1.25. The van der Waals surface area contributed by atoms with E-state index in [1.165, 1.54) is 10.8 Å². The first-order valence-electron chi connectivity index (χ1n) is 7.29. The lowest BCUT2D eigenvalue weighted by Gasteiger charge is -2.09. The van der Waals surface area contributed by atoms with E-state index in [0.717, 1.165) is 5.56 Å². The number of para-hydroxylation sites is 1. The molecule has 0 atom stereocenters. The fourth-order valence-electron chi connectivity index (χ4n) is 2.57. The third-order valence-corrected chi connectivity index (χ3v) is 3.97. The van der Waals surface area contributed by atoms with Gasteiger partial charge in [0, 0.05) is 16.6 Å². The summed E-state index contributed by atoms with van der Waals surface area (Å²) in [6, 6.07) is 12.3. The van der Waals surface area contributed by atoms with Gasteiger partial charge in [-0.2, -0.15) is 0 Å². The summed E-state index contributed by atoms with van der Waals surface area (Å²) in [6.07, 6.45) is 1.45. The standard InChI is InChI=1S/C18H15ClN2O3/c1-11-8-12(19)6-7-16(11)24-10-17(22)21-9-14(18(20)23)13-4-2-3-5-15(13)21/h2-9H,10H2,1H3,(H2,20,23). The van der Waals surface area contributed by atoms with Crippen molar-refractivity contribution < 1.29 is 14.3 Å². The van der Waals surface area contributed by atoms with Gasteiger partial charge in [0.25, 0.3) is 11.8 Å². The van der Waals surface area contributed by atoms with E-state index < -0.39 is 5.91 Å². The second kappa shape index (κ2) is 6.37. The summed E-state index contributed by atoms with van der Waals surface area (Å²) in [6.45, 7) is 1.68. The molecule has 0 aliphatic heterocycles. The van der Waals surface area contributed by atoms with Gasteiger partial charge in [0.1, 0.15) is 5.75 Å². The minimum absolute atomic E-state index is 0.167. The molecule has 6 heteroatoms. The molecule has 0 saturated carbocycles. The van der Waals surface area contributed by atoms with Crippen molar-refractivity contribution in [3.8, 4) is 5.75 Å². The van der Waals surface area contributed by atoms with Gasteiger partial charge >= 0.3 is 0 Å². The Kier molecular flexibility index (Phi) is 4.27. The molecule has 1 aromatic heterocycles. The Balaban J connectivity index is 1.88. The lowest BCUT2D eigenvalue weighted by molar-refractivity contribution is 0.0842. The topological polar surface area (TPSA) is 74.3 Å². The third kappa shape index (κ3) is 2.98. The van der Waals surface area contributed by atoms with Gasteiger partial charge in [0.15, 0.2) is 6.61 Å². The van der Waals surface area contributed by atoms with Crippen LogP contribution in [0.3, 0.4) is 0 Å². The molecule has 0 unspecified atom stereocenters. The average molecular weight is 343 g/mol. The highest BCUT2D eigenvalue weighted by Gasteiger charge is 2.17. The van der Waals surface area contributed by atoms with Gasteiger partial charge in [0.2, 0.25) is 0 Å². The van der Waals surface area contributed by atoms with Crippen LogP contribution in [-0.2, 0) is 0 Å². The maximum atomic E-state index is 12.5. The van der Waals surface area contributed by atoms with Crippen molar-refractivity contribution in [1.29, 1.82) is 0 Å². The number of ether oxygens (including phenoxy) is 1. The number of benzene rings is 2. The lowest BCUT2D eigenvalue weighted by atomic mass is 10.2. The van der Waals surface area contributed by atoms with Crippen LogP contribution >= 0.6 is 11.6 Å². The maximum Gasteiger partial charge on any atom is 0.269 e. The van der Waals surface area contributed by atoms with Gasteiger partial charge in [-0.05, 0) is 36.8 Å². The highest BCUT2D eigenvalue weighted by Crippen LogP contribution is 2.23. The first kappa shape index (κ1) is 16.1. The number of halogens is 1. The molecule has 3 rings (SSSR count). The van der Waals surface area contributed by atoms with Crippen molar-refractivity contribution in [2.75, 3.05) is 6.61 Å². The third-order valence-electron chi connectivity index (χ3n) is 3.73.